The molecule has 0 amide bonds. The molecule has 0 aliphatic heterocycles. The van der Waals surface area contributed by atoms with Crippen molar-refractivity contribution >= 4 is 22.9 Å². The van der Waals surface area contributed by atoms with Crippen molar-refractivity contribution in [1.82, 2.24) is 0 Å². The number of aliphatic hydroxyl groups is 1. The lowest BCUT2D eigenvalue weighted by molar-refractivity contribution is 0.130. The van der Waals surface area contributed by atoms with Crippen LogP contribution < -0.4 is 0 Å². The van der Waals surface area contributed by atoms with Gasteiger partial charge in [0, 0.05) is 0 Å². The Bertz CT molecular complexity index is 232. The zero-order chi connectivity index (χ0) is 8.43. The molecule has 0 fully saturated rings. The van der Waals surface area contributed by atoms with Crippen molar-refractivity contribution in [3.63, 3.8) is 0 Å². The van der Waals surface area contributed by atoms with Crippen molar-refractivity contribution in [1.29, 1.82) is 0 Å². The van der Waals surface area contributed by atoms with Crippen LogP contribution in [-0.2, 0) is 0 Å². The van der Waals surface area contributed by atoms with Crippen LogP contribution in [0, 0.1) is 5.92 Å². The van der Waals surface area contributed by atoms with Crippen LogP contribution in [0.2, 0.25) is 5.02 Å². The van der Waals surface area contributed by atoms with Crippen LogP contribution in [0.1, 0.15) is 24.8 Å². The molecule has 1 rings (SSSR count). The minimum Gasteiger partial charge on any atom is -0.387 e. The summed E-state index contributed by atoms with van der Waals surface area (Å²) in [6.07, 6.45) is -0.414. The monoisotopic (exact) mass is 190 g/mol. The Labute approximate surface area is 75.6 Å². The van der Waals surface area contributed by atoms with E-state index in [2.05, 4.69) is 0 Å². The molecular weight excluding hydrogens is 180 g/mol. The van der Waals surface area contributed by atoms with Gasteiger partial charge in [-0.1, -0.05) is 25.4 Å². The van der Waals surface area contributed by atoms with Gasteiger partial charge in [-0.3, -0.25) is 0 Å². The van der Waals surface area contributed by atoms with Crippen molar-refractivity contribution in [2.45, 2.75) is 20.0 Å². The zero-order valence-electron chi connectivity index (χ0n) is 6.54. The lowest BCUT2D eigenvalue weighted by atomic mass is 10.1. The summed E-state index contributed by atoms with van der Waals surface area (Å²) in [5.74, 6) is 0.228. The molecule has 1 nitrogen and oxygen atoms in total. The van der Waals surface area contributed by atoms with E-state index in [1.54, 1.807) is 0 Å². The van der Waals surface area contributed by atoms with Gasteiger partial charge in [0.05, 0.1) is 16.0 Å². The van der Waals surface area contributed by atoms with E-state index < -0.39 is 6.10 Å². The Morgan fingerprint density at radius 1 is 1.55 bits per heavy atom. The second-order valence-corrected chi connectivity index (χ2v) is 4.18. The summed E-state index contributed by atoms with van der Waals surface area (Å²) in [5.41, 5.74) is 0. The standard InChI is InChI=1S/C8H11ClOS/c1-5(2)7(10)8-6(9)3-4-11-8/h3-5,7,10H,1-2H3. The first-order valence-electron chi connectivity index (χ1n) is 3.54. The van der Waals surface area contributed by atoms with Crippen LogP contribution >= 0.6 is 22.9 Å². The molecule has 0 saturated carbocycles. The summed E-state index contributed by atoms with van der Waals surface area (Å²) >= 11 is 7.33. The van der Waals surface area contributed by atoms with Gasteiger partial charge in [-0.25, -0.2) is 0 Å². The third-order valence-electron chi connectivity index (χ3n) is 1.54. The highest BCUT2D eigenvalue weighted by molar-refractivity contribution is 7.10. The van der Waals surface area contributed by atoms with Gasteiger partial charge in [0.25, 0.3) is 0 Å². The van der Waals surface area contributed by atoms with E-state index in [0.29, 0.717) is 5.02 Å². The summed E-state index contributed by atoms with van der Waals surface area (Å²) in [6.45, 7) is 3.95. The molecule has 11 heavy (non-hydrogen) atoms. The van der Waals surface area contributed by atoms with Crippen molar-refractivity contribution in [3.05, 3.63) is 21.3 Å². The number of hydrogen-bond donors (Lipinski definition) is 1. The Hall–Kier alpha value is -0.0500. The lowest BCUT2D eigenvalue weighted by Gasteiger charge is -2.12. The minimum absolute atomic E-state index is 0.228. The zero-order valence-corrected chi connectivity index (χ0v) is 8.12. The van der Waals surface area contributed by atoms with Crippen LogP contribution in [0.15, 0.2) is 11.4 Å². The van der Waals surface area contributed by atoms with Crippen molar-refractivity contribution in [3.8, 4) is 0 Å². The highest BCUT2D eigenvalue weighted by Crippen LogP contribution is 2.32. The Morgan fingerprint density at radius 2 is 2.18 bits per heavy atom. The van der Waals surface area contributed by atoms with Crippen LogP contribution in [-0.4, -0.2) is 5.11 Å². The number of halogens is 1. The van der Waals surface area contributed by atoms with E-state index in [1.807, 2.05) is 25.3 Å². The van der Waals surface area contributed by atoms with Gasteiger partial charge >= 0.3 is 0 Å². The van der Waals surface area contributed by atoms with E-state index in [1.165, 1.54) is 11.3 Å². The Morgan fingerprint density at radius 3 is 2.55 bits per heavy atom. The molecule has 0 aliphatic carbocycles. The van der Waals surface area contributed by atoms with Gasteiger partial charge in [0.2, 0.25) is 0 Å². The van der Waals surface area contributed by atoms with Gasteiger partial charge in [-0.05, 0) is 17.4 Å². The summed E-state index contributed by atoms with van der Waals surface area (Å²) in [5, 5.41) is 12.2. The second-order valence-electron chi connectivity index (χ2n) is 2.82. The van der Waals surface area contributed by atoms with Gasteiger partial charge < -0.3 is 5.11 Å². The van der Waals surface area contributed by atoms with Crippen LogP contribution in [0.25, 0.3) is 0 Å². The first-order valence-corrected chi connectivity index (χ1v) is 4.79. The molecule has 62 valence electrons. The van der Waals surface area contributed by atoms with Crippen molar-refractivity contribution in [2.24, 2.45) is 5.92 Å². The van der Waals surface area contributed by atoms with E-state index in [0.717, 1.165) is 4.88 Å². The maximum Gasteiger partial charge on any atom is 0.0919 e. The fraction of sp³-hybridized carbons (Fsp3) is 0.500. The van der Waals surface area contributed by atoms with E-state index in [4.69, 9.17) is 11.6 Å². The summed E-state index contributed by atoms with van der Waals surface area (Å²) in [6, 6.07) is 1.81. The fourth-order valence-electron chi connectivity index (χ4n) is 0.819. The number of aliphatic hydroxyl groups excluding tert-OH is 1. The molecule has 1 heterocycles. The Kier molecular flexibility index (Phi) is 2.93. The second kappa shape index (κ2) is 3.57. The quantitative estimate of drug-likeness (QED) is 0.760. The maximum absolute atomic E-state index is 9.59. The molecule has 1 N–H and O–H groups in total. The van der Waals surface area contributed by atoms with Crippen LogP contribution in [0.4, 0.5) is 0 Å². The molecule has 1 atom stereocenters. The smallest absolute Gasteiger partial charge is 0.0919 e. The van der Waals surface area contributed by atoms with Crippen LogP contribution in [0.3, 0.4) is 0 Å². The molecule has 0 saturated heterocycles. The van der Waals surface area contributed by atoms with Gasteiger partial charge in [0.1, 0.15) is 0 Å². The highest BCUT2D eigenvalue weighted by Gasteiger charge is 2.15. The molecule has 1 aromatic rings. The average molecular weight is 191 g/mol. The highest BCUT2D eigenvalue weighted by atomic mass is 35.5. The average Bonchev–Trinajstić information content (AvgIpc) is 2.33. The van der Waals surface area contributed by atoms with E-state index in [-0.39, 0.29) is 5.92 Å². The third-order valence-corrected chi connectivity index (χ3v) is 2.97. The maximum atomic E-state index is 9.59. The molecule has 0 radical (unpaired) electrons. The molecule has 3 heteroatoms. The van der Waals surface area contributed by atoms with Gasteiger partial charge in [0.15, 0.2) is 0 Å². The fourth-order valence-corrected chi connectivity index (χ4v) is 2.15. The first-order chi connectivity index (χ1) is 5.13. The van der Waals surface area contributed by atoms with Gasteiger partial charge in [-0.15, -0.1) is 11.3 Å². The molecular formula is C8H11ClOS. The van der Waals surface area contributed by atoms with Crippen LogP contribution in [0.5, 0.6) is 0 Å². The molecule has 0 aliphatic rings. The molecule has 0 bridgehead atoms. The van der Waals surface area contributed by atoms with Crippen molar-refractivity contribution in [2.75, 3.05) is 0 Å². The molecule has 0 spiro atoms. The normalized spacial score (nSPS) is 13.9. The lowest BCUT2D eigenvalue weighted by Crippen LogP contribution is -2.03. The Balaban J connectivity index is 2.84. The third kappa shape index (κ3) is 1.95. The molecule has 1 unspecified atom stereocenters. The molecule has 1 aromatic heterocycles. The predicted molar refractivity (Wildman–Crippen MR) is 49.1 cm³/mol. The summed E-state index contributed by atoms with van der Waals surface area (Å²) < 4.78 is 0. The SMILES string of the molecule is CC(C)C(O)c1sccc1Cl. The molecule has 0 aromatic carbocycles. The number of hydrogen-bond acceptors (Lipinski definition) is 2. The van der Waals surface area contributed by atoms with E-state index >= 15 is 0 Å². The number of thiophene rings is 1. The largest absolute Gasteiger partial charge is 0.387 e. The summed E-state index contributed by atoms with van der Waals surface area (Å²) in [4.78, 5) is 0.877. The first kappa shape index (κ1) is 9.04. The summed E-state index contributed by atoms with van der Waals surface area (Å²) in [7, 11) is 0. The topological polar surface area (TPSA) is 20.2 Å². The minimum atomic E-state index is -0.414. The van der Waals surface area contributed by atoms with Crippen molar-refractivity contribution < 1.29 is 5.11 Å². The predicted octanol–water partition coefficient (Wildman–Crippen LogP) is 3.09. The van der Waals surface area contributed by atoms with Gasteiger partial charge in [-0.2, -0.15) is 0 Å². The number of rotatable bonds is 2. The van der Waals surface area contributed by atoms with E-state index in [9.17, 15) is 5.11 Å².